The van der Waals surface area contributed by atoms with Crippen molar-refractivity contribution in [2.45, 2.75) is 32.9 Å². The standard InChI is InChI=1S/C15H18N2O2S/c1-9(12-4-6-13(7-5-12)10(2)18)16-15(19)14-8-20-11(3)17-14/h4-10,18H,1-3H3,(H,16,19). The molecule has 1 amide bonds. The molecule has 2 atom stereocenters. The number of aliphatic hydroxyl groups is 1. The average molecular weight is 290 g/mol. The van der Waals surface area contributed by atoms with Gasteiger partial charge >= 0.3 is 0 Å². The van der Waals surface area contributed by atoms with Crippen molar-refractivity contribution in [3.05, 3.63) is 51.5 Å². The van der Waals surface area contributed by atoms with Gasteiger partial charge in [0.05, 0.1) is 17.2 Å². The van der Waals surface area contributed by atoms with Gasteiger partial charge in [0.25, 0.3) is 5.91 Å². The number of aryl methyl sites for hydroxylation is 1. The van der Waals surface area contributed by atoms with Crippen molar-refractivity contribution in [2.24, 2.45) is 0 Å². The smallest absolute Gasteiger partial charge is 0.271 e. The molecule has 20 heavy (non-hydrogen) atoms. The van der Waals surface area contributed by atoms with Crippen LogP contribution in [-0.2, 0) is 0 Å². The fourth-order valence-electron chi connectivity index (χ4n) is 1.88. The van der Waals surface area contributed by atoms with Crippen molar-refractivity contribution < 1.29 is 9.90 Å². The van der Waals surface area contributed by atoms with Crippen LogP contribution in [0.2, 0.25) is 0 Å². The Balaban J connectivity index is 2.04. The molecule has 4 nitrogen and oxygen atoms in total. The van der Waals surface area contributed by atoms with E-state index in [1.54, 1.807) is 12.3 Å². The summed E-state index contributed by atoms with van der Waals surface area (Å²) in [5, 5.41) is 15.0. The van der Waals surface area contributed by atoms with Gasteiger partial charge in [0.15, 0.2) is 0 Å². The van der Waals surface area contributed by atoms with Gasteiger partial charge in [0, 0.05) is 5.38 Å². The zero-order chi connectivity index (χ0) is 14.7. The number of nitrogens with zero attached hydrogens (tertiary/aromatic N) is 1. The third-order valence-corrected chi connectivity index (χ3v) is 3.89. The van der Waals surface area contributed by atoms with Gasteiger partial charge in [-0.15, -0.1) is 11.3 Å². The summed E-state index contributed by atoms with van der Waals surface area (Å²) < 4.78 is 0. The van der Waals surface area contributed by atoms with Crippen LogP contribution in [0, 0.1) is 6.92 Å². The predicted octanol–water partition coefficient (Wildman–Crippen LogP) is 3.00. The Morgan fingerprint density at radius 2 is 1.85 bits per heavy atom. The first kappa shape index (κ1) is 14.7. The summed E-state index contributed by atoms with van der Waals surface area (Å²) in [6.45, 7) is 5.53. The largest absolute Gasteiger partial charge is 0.389 e. The highest BCUT2D eigenvalue weighted by atomic mass is 32.1. The van der Waals surface area contributed by atoms with Crippen LogP contribution in [0.1, 0.15) is 52.6 Å². The molecule has 0 bridgehead atoms. The Morgan fingerprint density at radius 3 is 2.35 bits per heavy atom. The molecule has 0 saturated carbocycles. The quantitative estimate of drug-likeness (QED) is 0.910. The van der Waals surface area contributed by atoms with E-state index in [9.17, 15) is 9.90 Å². The third-order valence-electron chi connectivity index (χ3n) is 3.12. The van der Waals surface area contributed by atoms with Gasteiger partial charge in [-0.1, -0.05) is 24.3 Å². The first-order chi connectivity index (χ1) is 9.47. The molecule has 106 valence electrons. The fourth-order valence-corrected chi connectivity index (χ4v) is 2.48. The topological polar surface area (TPSA) is 62.2 Å². The lowest BCUT2D eigenvalue weighted by Gasteiger charge is -2.14. The molecule has 2 N–H and O–H groups in total. The zero-order valence-electron chi connectivity index (χ0n) is 11.8. The van der Waals surface area contributed by atoms with Crippen LogP contribution in [0.25, 0.3) is 0 Å². The van der Waals surface area contributed by atoms with Crippen LogP contribution >= 0.6 is 11.3 Å². The summed E-state index contributed by atoms with van der Waals surface area (Å²) >= 11 is 1.46. The van der Waals surface area contributed by atoms with Crippen molar-refractivity contribution >= 4 is 17.2 Å². The number of benzene rings is 1. The SMILES string of the molecule is Cc1nc(C(=O)NC(C)c2ccc(C(C)O)cc2)cs1. The fraction of sp³-hybridized carbons (Fsp3) is 0.333. The first-order valence-electron chi connectivity index (χ1n) is 6.48. The average Bonchev–Trinajstić information content (AvgIpc) is 2.85. The molecule has 1 aromatic carbocycles. The molecule has 0 saturated heterocycles. The molecule has 1 aromatic heterocycles. The maximum absolute atomic E-state index is 12.0. The maximum atomic E-state index is 12.0. The Labute approximate surface area is 122 Å². The van der Waals surface area contributed by atoms with Crippen LogP contribution in [0.15, 0.2) is 29.6 Å². The molecule has 0 aliphatic heterocycles. The summed E-state index contributed by atoms with van der Waals surface area (Å²) in [5.41, 5.74) is 2.32. The number of rotatable bonds is 4. The number of carbonyl (C=O) groups is 1. The Hall–Kier alpha value is -1.72. The minimum atomic E-state index is -0.480. The normalized spacial score (nSPS) is 13.8. The monoisotopic (exact) mass is 290 g/mol. The second kappa shape index (κ2) is 6.15. The van der Waals surface area contributed by atoms with E-state index in [0.717, 1.165) is 16.1 Å². The number of carbonyl (C=O) groups excluding carboxylic acids is 1. The number of aromatic nitrogens is 1. The molecular weight excluding hydrogens is 272 g/mol. The third kappa shape index (κ3) is 3.43. The van der Waals surface area contributed by atoms with Gasteiger partial charge in [-0.05, 0) is 31.9 Å². The van der Waals surface area contributed by atoms with Gasteiger partial charge < -0.3 is 10.4 Å². The van der Waals surface area contributed by atoms with E-state index in [1.807, 2.05) is 38.1 Å². The van der Waals surface area contributed by atoms with E-state index in [1.165, 1.54) is 11.3 Å². The summed E-state index contributed by atoms with van der Waals surface area (Å²) in [6.07, 6.45) is -0.480. The van der Waals surface area contributed by atoms with Gasteiger partial charge in [-0.3, -0.25) is 4.79 Å². The number of aliphatic hydroxyl groups excluding tert-OH is 1. The van der Waals surface area contributed by atoms with E-state index >= 15 is 0 Å². The molecular formula is C15H18N2O2S. The Bertz CT molecular complexity index is 590. The molecule has 0 aliphatic rings. The lowest BCUT2D eigenvalue weighted by Crippen LogP contribution is -2.26. The number of amides is 1. The van der Waals surface area contributed by atoms with E-state index in [-0.39, 0.29) is 11.9 Å². The van der Waals surface area contributed by atoms with Crippen LogP contribution in [0.4, 0.5) is 0 Å². The van der Waals surface area contributed by atoms with Gasteiger partial charge in [-0.2, -0.15) is 0 Å². The van der Waals surface area contributed by atoms with Crippen LogP contribution in [-0.4, -0.2) is 16.0 Å². The lowest BCUT2D eigenvalue weighted by molar-refractivity contribution is 0.0935. The molecule has 2 rings (SSSR count). The van der Waals surface area contributed by atoms with Gasteiger partial charge in [0.2, 0.25) is 0 Å². The van der Waals surface area contributed by atoms with E-state index in [0.29, 0.717) is 5.69 Å². The van der Waals surface area contributed by atoms with Gasteiger partial charge in [0.1, 0.15) is 5.69 Å². The summed E-state index contributed by atoms with van der Waals surface area (Å²) in [6, 6.07) is 7.47. The van der Waals surface area contributed by atoms with Crippen molar-refractivity contribution in [3.63, 3.8) is 0 Å². The molecule has 2 unspecified atom stereocenters. The van der Waals surface area contributed by atoms with Gasteiger partial charge in [-0.25, -0.2) is 4.98 Å². The summed E-state index contributed by atoms with van der Waals surface area (Å²) in [4.78, 5) is 16.2. The number of thiazole rings is 1. The second-order valence-electron chi connectivity index (χ2n) is 4.79. The summed E-state index contributed by atoms with van der Waals surface area (Å²) in [7, 11) is 0. The van der Waals surface area contributed by atoms with Crippen molar-refractivity contribution in [2.75, 3.05) is 0 Å². The van der Waals surface area contributed by atoms with Crippen LogP contribution < -0.4 is 5.32 Å². The highest BCUT2D eigenvalue weighted by molar-refractivity contribution is 7.09. The highest BCUT2D eigenvalue weighted by Gasteiger charge is 2.14. The minimum Gasteiger partial charge on any atom is -0.389 e. The van der Waals surface area contributed by atoms with E-state index < -0.39 is 6.10 Å². The summed E-state index contributed by atoms with van der Waals surface area (Å²) in [5.74, 6) is -0.165. The number of nitrogens with one attached hydrogen (secondary N) is 1. The number of hydrogen-bond acceptors (Lipinski definition) is 4. The van der Waals surface area contributed by atoms with Crippen LogP contribution in [0.3, 0.4) is 0 Å². The molecule has 0 radical (unpaired) electrons. The maximum Gasteiger partial charge on any atom is 0.271 e. The second-order valence-corrected chi connectivity index (χ2v) is 5.85. The minimum absolute atomic E-state index is 0.104. The van der Waals surface area contributed by atoms with Crippen molar-refractivity contribution in [1.29, 1.82) is 0 Å². The molecule has 5 heteroatoms. The van der Waals surface area contributed by atoms with Crippen LogP contribution in [0.5, 0.6) is 0 Å². The zero-order valence-corrected chi connectivity index (χ0v) is 12.6. The predicted molar refractivity (Wildman–Crippen MR) is 79.8 cm³/mol. The molecule has 2 aromatic rings. The first-order valence-corrected chi connectivity index (χ1v) is 7.36. The molecule has 0 aliphatic carbocycles. The molecule has 0 fully saturated rings. The van der Waals surface area contributed by atoms with E-state index in [4.69, 9.17) is 0 Å². The van der Waals surface area contributed by atoms with E-state index in [2.05, 4.69) is 10.3 Å². The highest BCUT2D eigenvalue weighted by Crippen LogP contribution is 2.18. The Kier molecular flexibility index (Phi) is 4.52. The number of hydrogen-bond donors (Lipinski definition) is 2. The lowest BCUT2D eigenvalue weighted by atomic mass is 10.0. The Morgan fingerprint density at radius 1 is 1.25 bits per heavy atom. The molecule has 0 spiro atoms. The van der Waals surface area contributed by atoms with Crippen molar-refractivity contribution in [1.82, 2.24) is 10.3 Å². The molecule has 1 heterocycles. The van der Waals surface area contributed by atoms with Crippen molar-refractivity contribution in [3.8, 4) is 0 Å².